The molecule has 26 heavy (non-hydrogen) atoms. The van der Waals surface area contributed by atoms with Crippen molar-refractivity contribution in [3.8, 4) is 5.88 Å². The van der Waals surface area contributed by atoms with Crippen molar-refractivity contribution in [2.75, 3.05) is 13.1 Å². The molecule has 0 aliphatic carbocycles. The molecule has 1 saturated heterocycles. The SMILES string of the molecule is Cc1noc(C)c1CCC(=O)N1CC(Oc2ccc3ccccc3n2)C1. The van der Waals surface area contributed by atoms with E-state index in [0.717, 1.165) is 27.9 Å². The van der Waals surface area contributed by atoms with Crippen LogP contribution in [0.1, 0.15) is 23.4 Å². The highest BCUT2D eigenvalue weighted by Gasteiger charge is 2.32. The summed E-state index contributed by atoms with van der Waals surface area (Å²) in [4.78, 5) is 18.7. The number of amides is 1. The highest BCUT2D eigenvalue weighted by atomic mass is 16.5. The van der Waals surface area contributed by atoms with Gasteiger partial charge in [-0.05, 0) is 32.4 Å². The fourth-order valence-corrected chi connectivity index (χ4v) is 3.25. The van der Waals surface area contributed by atoms with Gasteiger partial charge < -0.3 is 14.2 Å². The van der Waals surface area contributed by atoms with Crippen molar-refractivity contribution in [2.45, 2.75) is 32.8 Å². The first-order chi connectivity index (χ1) is 12.6. The molecule has 1 aliphatic rings. The molecule has 0 bridgehead atoms. The molecule has 1 aromatic carbocycles. The lowest BCUT2D eigenvalue weighted by atomic mass is 10.1. The van der Waals surface area contributed by atoms with Crippen LogP contribution < -0.4 is 4.74 Å². The van der Waals surface area contributed by atoms with Gasteiger partial charge >= 0.3 is 0 Å². The maximum atomic E-state index is 12.3. The number of pyridine rings is 1. The number of benzene rings is 1. The molecule has 1 aliphatic heterocycles. The highest BCUT2D eigenvalue weighted by Crippen LogP contribution is 2.21. The van der Waals surface area contributed by atoms with Crippen molar-refractivity contribution in [2.24, 2.45) is 0 Å². The van der Waals surface area contributed by atoms with E-state index in [1.807, 2.05) is 55.1 Å². The summed E-state index contributed by atoms with van der Waals surface area (Å²) in [6.45, 7) is 4.99. The molecule has 2 aromatic heterocycles. The summed E-state index contributed by atoms with van der Waals surface area (Å²) in [5.41, 5.74) is 2.81. The molecule has 1 amide bonds. The second-order valence-electron chi connectivity index (χ2n) is 6.68. The van der Waals surface area contributed by atoms with Gasteiger partial charge in [0.15, 0.2) is 0 Å². The Balaban J connectivity index is 1.28. The standard InChI is InChI=1S/C20H21N3O3/c1-13-17(14(2)26-22-13)8-10-20(24)23-11-16(12-23)25-19-9-7-15-5-3-4-6-18(15)21-19/h3-7,9,16H,8,10-12H2,1-2H3. The van der Waals surface area contributed by atoms with Crippen molar-refractivity contribution in [1.82, 2.24) is 15.0 Å². The van der Waals surface area contributed by atoms with Crippen LogP contribution >= 0.6 is 0 Å². The Kier molecular flexibility index (Phi) is 4.32. The van der Waals surface area contributed by atoms with Crippen molar-refractivity contribution < 1.29 is 14.1 Å². The monoisotopic (exact) mass is 351 g/mol. The third-order valence-electron chi connectivity index (χ3n) is 4.83. The summed E-state index contributed by atoms with van der Waals surface area (Å²) in [5, 5.41) is 5.01. The zero-order valence-electron chi connectivity index (χ0n) is 14.9. The Bertz CT molecular complexity index is 925. The Morgan fingerprint density at radius 2 is 2.04 bits per heavy atom. The van der Waals surface area contributed by atoms with Crippen molar-refractivity contribution in [3.63, 3.8) is 0 Å². The molecule has 0 atom stereocenters. The first-order valence-electron chi connectivity index (χ1n) is 8.82. The Morgan fingerprint density at radius 1 is 1.23 bits per heavy atom. The van der Waals surface area contributed by atoms with Crippen LogP contribution in [0.25, 0.3) is 10.9 Å². The number of aromatic nitrogens is 2. The van der Waals surface area contributed by atoms with Crippen molar-refractivity contribution in [3.05, 3.63) is 53.4 Å². The minimum atomic E-state index is 0.00618. The number of para-hydroxylation sites is 1. The number of fused-ring (bicyclic) bond motifs is 1. The van der Waals surface area contributed by atoms with Crippen LogP contribution in [0.15, 0.2) is 40.9 Å². The van der Waals surface area contributed by atoms with Gasteiger partial charge in [0.25, 0.3) is 0 Å². The summed E-state index contributed by atoms with van der Waals surface area (Å²) in [5.74, 6) is 1.54. The molecule has 6 nitrogen and oxygen atoms in total. The predicted molar refractivity (Wildman–Crippen MR) is 97.0 cm³/mol. The fraction of sp³-hybridized carbons (Fsp3) is 0.350. The molecule has 0 spiro atoms. The van der Waals surface area contributed by atoms with E-state index >= 15 is 0 Å². The Labute approximate surface area is 151 Å². The van der Waals surface area contributed by atoms with Crippen LogP contribution in [0.4, 0.5) is 0 Å². The molecule has 1 fully saturated rings. The second-order valence-corrected chi connectivity index (χ2v) is 6.68. The number of aryl methyl sites for hydroxylation is 2. The largest absolute Gasteiger partial charge is 0.471 e. The molecule has 3 aromatic rings. The van der Waals surface area contributed by atoms with Gasteiger partial charge in [0.1, 0.15) is 11.9 Å². The van der Waals surface area contributed by atoms with Crippen molar-refractivity contribution in [1.29, 1.82) is 0 Å². The predicted octanol–water partition coefficient (Wildman–Crippen LogP) is 3.06. The Morgan fingerprint density at radius 3 is 2.81 bits per heavy atom. The maximum Gasteiger partial charge on any atom is 0.223 e. The van der Waals surface area contributed by atoms with E-state index in [-0.39, 0.29) is 12.0 Å². The number of carbonyl (C=O) groups is 1. The van der Waals surface area contributed by atoms with Gasteiger partial charge in [0.2, 0.25) is 11.8 Å². The van der Waals surface area contributed by atoms with Gasteiger partial charge in [0, 0.05) is 23.4 Å². The van der Waals surface area contributed by atoms with E-state index in [4.69, 9.17) is 9.26 Å². The molecular weight excluding hydrogens is 330 g/mol. The van der Waals surface area contributed by atoms with E-state index in [1.165, 1.54) is 0 Å². The number of rotatable bonds is 5. The Hall–Kier alpha value is -2.89. The van der Waals surface area contributed by atoms with Gasteiger partial charge in [-0.15, -0.1) is 0 Å². The number of hydrogen-bond donors (Lipinski definition) is 0. The molecule has 134 valence electrons. The summed E-state index contributed by atoms with van der Waals surface area (Å²) in [6.07, 6.45) is 1.13. The van der Waals surface area contributed by atoms with Gasteiger partial charge in [-0.1, -0.05) is 23.4 Å². The van der Waals surface area contributed by atoms with Crippen LogP contribution in [0.3, 0.4) is 0 Å². The number of carbonyl (C=O) groups excluding carboxylic acids is 1. The number of nitrogens with zero attached hydrogens (tertiary/aromatic N) is 3. The molecule has 0 unspecified atom stereocenters. The second kappa shape index (κ2) is 6.78. The fourth-order valence-electron chi connectivity index (χ4n) is 3.25. The third kappa shape index (κ3) is 3.27. The maximum absolute atomic E-state index is 12.3. The smallest absolute Gasteiger partial charge is 0.223 e. The molecule has 4 rings (SSSR count). The quantitative estimate of drug-likeness (QED) is 0.707. The molecule has 6 heteroatoms. The van der Waals surface area contributed by atoms with Crippen LogP contribution in [-0.4, -0.2) is 40.1 Å². The van der Waals surface area contributed by atoms with E-state index in [2.05, 4.69) is 10.1 Å². The van der Waals surface area contributed by atoms with Gasteiger partial charge in [-0.25, -0.2) is 4.98 Å². The van der Waals surface area contributed by atoms with Crippen LogP contribution in [0.2, 0.25) is 0 Å². The minimum Gasteiger partial charge on any atom is -0.471 e. The van der Waals surface area contributed by atoms with E-state index in [1.54, 1.807) is 0 Å². The van der Waals surface area contributed by atoms with Crippen molar-refractivity contribution >= 4 is 16.8 Å². The molecular formula is C20H21N3O3. The first kappa shape index (κ1) is 16.6. The van der Waals surface area contributed by atoms with E-state index in [9.17, 15) is 4.79 Å². The lowest BCUT2D eigenvalue weighted by molar-refractivity contribution is -0.140. The molecule has 0 N–H and O–H groups in total. The third-order valence-corrected chi connectivity index (χ3v) is 4.83. The molecule has 0 radical (unpaired) electrons. The number of likely N-dealkylation sites (tertiary alicyclic amines) is 1. The highest BCUT2D eigenvalue weighted by molar-refractivity contribution is 5.79. The topological polar surface area (TPSA) is 68.5 Å². The minimum absolute atomic E-state index is 0.00618. The van der Waals surface area contributed by atoms with Crippen LogP contribution in [-0.2, 0) is 11.2 Å². The van der Waals surface area contributed by atoms with Crippen LogP contribution in [0.5, 0.6) is 5.88 Å². The van der Waals surface area contributed by atoms with E-state index in [0.29, 0.717) is 31.8 Å². The van der Waals surface area contributed by atoms with E-state index < -0.39 is 0 Å². The van der Waals surface area contributed by atoms with Gasteiger partial charge in [0.05, 0.1) is 24.3 Å². The zero-order valence-corrected chi connectivity index (χ0v) is 14.9. The van der Waals surface area contributed by atoms with Gasteiger partial charge in [-0.2, -0.15) is 0 Å². The number of ether oxygens (including phenoxy) is 1. The molecule has 3 heterocycles. The summed E-state index contributed by atoms with van der Waals surface area (Å²) in [7, 11) is 0. The van der Waals surface area contributed by atoms with Gasteiger partial charge in [-0.3, -0.25) is 4.79 Å². The average Bonchev–Trinajstić information content (AvgIpc) is 2.93. The summed E-state index contributed by atoms with van der Waals surface area (Å²) >= 11 is 0. The average molecular weight is 351 g/mol. The number of hydrogen-bond acceptors (Lipinski definition) is 5. The summed E-state index contributed by atoms with van der Waals surface area (Å²) < 4.78 is 11.0. The van der Waals surface area contributed by atoms with Crippen LogP contribution in [0, 0.1) is 13.8 Å². The zero-order chi connectivity index (χ0) is 18.1. The lowest BCUT2D eigenvalue weighted by Crippen LogP contribution is -2.56. The lowest BCUT2D eigenvalue weighted by Gasteiger charge is -2.38. The normalized spacial score (nSPS) is 14.5. The summed E-state index contributed by atoms with van der Waals surface area (Å²) in [6, 6.07) is 11.8. The first-order valence-corrected chi connectivity index (χ1v) is 8.82. The molecule has 0 saturated carbocycles.